The predicted molar refractivity (Wildman–Crippen MR) is 72.0 cm³/mol. The third kappa shape index (κ3) is 3.38. The van der Waals surface area contributed by atoms with Crippen molar-refractivity contribution in [3.8, 4) is 5.75 Å². The van der Waals surface area contributed by atoms with Crippen molar-refractivity contribution in [1.82, 2.24) is 5.32 Å². The molecule has 0 aromatic heterocycles. The third-order valence-corrected chi connectivity index (χ3v) is 4.02. The Kier molecular flexibility index (Phi) is 4.64. The summed E-state index contributed by atoms with van der Waals surface area (Å²) in [4.78, 5) is 12.0. The predicted octanol–water partition coefficient (Wildman–Crippen LogP) is 3.06. The molecule has 1 fully saturated rings. The molecule has 0 radical (unpaired) electrons. The van der Waals surface area contributed by atoms with Crippen LogP contribution in [0, 0.1) is 11.7 Å². The van der Waals surface area contributed by atoms with Gasteiger partial charge in [-0.2, -0.15) is 0 Å². The summed E-state index contributed by atoms with van der Waals surface area (Å²) < 4.78 is 13.6. The number of benzene rings is 1. The molecule has 2 atom stereocenters. The average molecular weight is 286 g/mol. The number of alkyl halides is 1. The number of hydrogen-bond donors (Lipinski definition) is 2. The minimum absolute atomic E-state index is 0.00644. The lowest BCUT2D eigenvalue weighted by Gasteiger charge is -2.30. The lowest BCUT2D eigenvalue weighted by atomic mass is 9.85. The Morgan fingerprint density at radius 1 is 1.42 bits per heavy atom. The monoisotopic (exact) mass is 285 g/mol. The van der Waals surface area contributed by atoms with E-state index >= 15 is 0 Å². The molecule has 0 bridgehead atoms. The number of phenolic OH excluding ortho intramolecular Hbond substituents is 1. The van der Waals surface area contributed by atoms with Crippen LogP contribution in [-0.4, -0.2) is 22.9 Å². The van der Waals surface area contributed by atoms with E-state index in [1.54, 1.807) is 0 Å². The fourth-order valence-electron chi connectivity index (χ4n) is 2.52. The van der Waals surface area contributed by atoms with Crippen molar-refractivity contribution in [3.63, 3.8) is 0 Å². The highest BCUT2D eigenvalue weighted by Gasteiger charge is 2.26. The van der Waals surface area contributed by atoms with Crippen molar-refractivity contribution in [2.24, 2.45) is 5.92 Å². The van der Waals surface area contributed by atoms with E-state index < -0.39 is 11.7 Å². The van der Waals surface area contributed by atoms with Crippen molar-refractivity contribution < 1.29 is 14.3 Å². The van der Waals surface area contributed by atoms with Gasteiger partial charge in [-0.1, -0.05) is 12.8 Å². The highest BCUT2D eigenvalue weighted by molar-refractivity contribution is 6.18. The van der Waals surface area contributed by atoms with Gasteiger partial charge in [0.15, 0.2) is 0 Å². The molecule has 1 aliphatic rings. The van der Waals surface area contributed by atoms with Crippen LogP contribution in [0.1, 0.15) is 36.0 Å². The van der Waals surface area contributed by atoms with E-state index in [1.165, 1.54) is 12.1 Å². The van der Waals surface area contributed by atoms with Crippen molar-refractivity contribution >= 4 is 17.5 Å². The van der Waals surface area contributed by atoms with Gasteiger partial charge in [0, 0.05) is 18.0 Å². The number of halogens is 2. The molecule has 1 aromatic carbocycles. The molecule has 2 rings (SSSR count). The Morgan fingerprint density at radius 2 is 2.16 bits per heavy atom. The Labute approximate surface area is 116 Å². The van der Waals surface area contributed by atoms with Gasteiger partial charge in [0.05, 0.1) is 5.56 Å². The smallest absolute Gasteiger partial charge is 0.254 e. The van der Waals surface area contributed by atoms with Crippen molar-refractivity contribution in [2.45, 2.75) is 31.7 Å². The molecule has 0 saturated heterocycles. The van der Waals surface area contributed by atoms with Crippen LogP contribution in [0.5, 0.6) is 5.75 Å². The maximum atomic E-state index is 13.6. The first-order valence-electron chi connectivity index (χ1n) is 6.47. The highest BCUT2D eigenvalue weighted by Crippen LogP contribution is 2.26. The number of phenols is 1. The molecule has 1 aromatic rings. The number of nitrogens with one attached hydrogen (secondary N) is 1. The van der Waals surface area contributed by atoms with Gasteiger partial charge in [0.1, 0.15) is 11.6 Å². The molecule has 2 unspecified atom stereocenters. The maximum absolute atomic E-state index is 13.6. The fraction of sp³-hybridized carbons (Fsp3) is 0.500. The summed E-state index contributed by atoms with van der Waals surface area (Å²) in [5.74, 6) is -0.594. The van der Waals surface area contributed by atoms with E-state index in [2.05, 4.69) is 5.32 Å². The van der Waals surface area contributed by atoms with Gasteiger partial charge in [-0.05, 0) is 30.9 Å². The summed E-state index contributed by atoms with van der Waals surface area (Å²) in [5, 5.41) is 12.0. The second kappa shape index (κ2) is 6.24. The van der Waals surface area contributed by atoms with Crippen LogP contribution in [0.25, 0.3) is 0 Å². The molecule has 1 amide bonds. The number of aromatic hydroxyl groups is 1. The van der Waals surface area contributed by atoms with Gasteiger partial charge in [0.25, 0.3) is 5.91 Å². The normalized spacial score (nSPS) is 23.1. The molecule has 1 saturated carbocycles. The first-order valence-corrected chi connectivity index (χ1v) is 7.00. The van der Waals surface area contributed by atoms with Gasteiger partial charge in [-0.25, -0.2) is 4.39 Å². The summed E-state index contributed by atoms with van der Waals surface area (Å²) in [6.45, 7) is 0. The summed E-state index contributed by atoms with van der Waals surface area (Å²) >= 11 is 5.90. The van der Waals surface area contributed by atoms with E-state index in [1.807, 2.05) is 0 Å². The van der Waals surface area contributed by atoms with E-state index in [4.69, 9.17) is 16.7 Å². The molecule has 0 spiro atoms. The number of rotatable bonds is 3. The highest BCUT2D eigenvalue weighted by atomic mass is 35.5. The maximum Gasteiger partial charge on any atom is 0.254 e. The molecule has 3 nitrogen and oxygen atoms in total. The largest absolute Gasteiger partial charge is 0.508 e. The molecule has 19 heavy (non-hydrogen) atoms. The van der Waals surface area contributed by atoms with Crippen molar-refractivity contribution in [2.75, 3.05) is 5.88 Å². The van der Waals surface area contributed by atoms with E-state index in [9.17, 15) is 9.18 Å². The third-order valence-electron chi connectivity index (χ3n) is 3.62. The molecule has 104 valence electrons. The van der Waals surface area contributed by atoms with E-state index in [0.717, 1.165) is 31.7 Å². The molecule has 5 heteroatoms. The number of amides is 1. The SMILES string of the molecule is O=C(NC1CCCCC1CCl)c1ccc(O)cc1F. The Balaban J connectivity index is 2.07. The first-order chi connectivity index (χ1) is 9.11. The van der Waals surface area contributed by atoms with Gasteiger partial charge in [-0.3, -0.25) is 4.79 Å². The summed E-state index contributed by atoms with van der Waals surface area (Å²) in [6, 6.07) is 3.54. The Hall–Kier alpha value is -1.29. The van der Waals surface area contributed by atoms with Gasteiger partial charge < -0.3 is 10.4 Å². The number of carbonyl (C=O) groups excluding carboxylic acids is 1. The first kappa shape index (κ1) is 14.1. The standard InChI is InChI=1S/C14H17ClFNO2/c15-8-9-3-1-2-4-13(9)17-14(19)11-6-5-10(18)7-12(11)16/h5-7,9,13,18H,1-4,8H2,(H,17,19). The van der Waals surface area contributed by atoms with Crippen LogP contribution in [-0.2, 0) is 0 Å². The summed E-state index contributed by atoms with van der Waals surface area (Å²) in [7, 11) is 0. The molecular weight excluding hydrogens is 269 g/mol. The Morgan fingerprint density at radius 3 is 2.84 bits per heavy atom. The average Bonchev–Trinajstić information content (AvgIpc) is 2.39. The van der Waals surface area contributed by atoms with Gasteiger partial charge >= 0.3 is 0 Å². The second-order valence-corrected chi connectivity index (χ2v) is 5.25. The summed E-state index contributed by atoms with van der Waals surface area (Å²) in [6.07, 6.45) is 4.04. The van der Waals surface area contributed by atoms with E-state index in [0.29, 0.717) is 5.88 Å². The molecular formula is C14H17ClFNO2. The molecule has 0 aliphatic heterocycles. The lowest BCUT2D eigenvalue weighted by molar-refractivity contribution is 0.0907. The molecule has 0 heterocycles. The topological polar surface area (TPSA) is 49.3 Å². The van der Waals surface area contributed by atoms with Crippen LogP contribution >= 0.6 is 11.6 Å². The van der Waals surface area contributed by atoms with Crippen molar-refractivity contribution in [1.29, 1.82) is 0 Å². The van der Waals surface area contributed by atoms with Gasteiger partial charge in [-0.15, -0.1) is 11.6 Å². The minimum Gasteiger partial charge on any atom is -0.508 e. The fourth-order valence-corrected chi connectivity index (χ4v) is 2.89. The summed E-state index contributed by atoms with van der Waals surface area (Å²) in [5.41, 5.74) is -0.0447. The van der Waals surface area contributed by atoms with Crippen LogP contribution in [0.2, 0.25) is 0 Å². The van der Waals surface area contributed by atoms with Gasteiger partial charge in [0.2, 0.25) is 0 Å². The molecule has 2 N–H and O–H groups in total. The van der Waals surface area contributed by atoms with Crippen LogP contribution in [0.4, 0.5) is 4.39 Å². The van der Waals surface area contributed by atoms with Crippen LogP contribution in [0.15, 0.2) is 18.2 Å². The quantitative estimate of drug-likeness (QED) is 0.839. The second-order valence-electron chi connectivity index (χ2n) is 4.94. The number of carbonyl (C=O) groups is 1. The van der Waals surface area contributed by atoms with Crippen LogP contribution < -0.4 is 5.32 Å². The van der Waals surface area contributed by atoms with E-state index in [-0.39, 0.29) is 23.3 Å². The van der Waals surface area contributed by atoms with Crippen LogP contribution in [0.3, 0.4) is 0 Å². The Bertz CT molecular complexity index is 467. The zero-order valence-electron chi connectivity index (χ0n) is 10.5. The molecule has 1 aliphatic carbocycles. The minimum atomic E-state index is -0.712. The van der Waals surface area contributed by atoms with Crippen molar-refractivity contribution in [3.05, 3.63) is 29.6 Å². The zero-order chi connectivity index (χ0) is 13.8. The zero-order valence-corrected chi connectivity index (χ0v) is 11.3. The number of hydrogen-bond acceptors (Lipinski definition) is 2. The lowest BCUT2D eigenvalue weighted by Crippen LogP contribution is -2.43.